The molecule has 0 aliphatic carbocycles. The highest BCUT2D eigenvalue weighted by molar-refractivity contribution is 6.04. The molecule has 2 rings (SSSR count). The molecule has 0 radical (unpaired) electrons. The molecule has 1 aromatic heterocycles. The summed E-state index contributed by atoms with van der Waals surface area (Å²) in [6.45, 7) is 2.22. The number of aromatic nitrogens is 2. The van der Waals surface area contributed by atoms with Crippen LogP contribution in [0, 0.1) is 18.8 Å². The molecule has 5 nitrogen and oxygen atoms in total. The lowest BCUT2D eigenvalue weighted by Crippen LogP contribution is -2.12. The fraction of sp³-hybridized carbons (Fsp3) is 0.133. The Morgan fingerprint density at radius 1 is 1.35 bits per heavy atom. The fourth-order valence-electron chi connectivity index (χ4n) is 1.66. The Balaban J connectivity index is 2.17. The van der Waals surface area contributed by atoms with Gasteiger partial charge in [0, 0.05) is 11.1 Å². The van der Waals surface area contributed by atoms with E-state index >= 15 is 0 Å². The lowest BCUT2D eigenvalue weighted by Gasteiger charge is -2.06. The molecule has 0 aliphatic heterocycles. The first-order chi connectivity index (χ1) is 9.70. The highest BCUT2D eigenvalue weighted by atomic mass is 16.1. The number of rotatable bonds is 2. The van der Waals surface area contributed by atoms with Gasteiger partial charge in [-0.3, -0.25) is 4.79 Å². The lowest BCUT2D eigenvalue weighted by atomic mass is 10.0. The molecule has 0 aliphatic rings. The molecule has 0 atom stereocenters. The number of carbonyl (C=O) groups excluding carboxylic acids is 1. The van der Waals surface area contributed by atoms with E-state index in [0.717, 1.165) is 11.1 Å². The van der Waals surface area contributed by atoms with Crippen molar-refractivity contribution in [2.45, 2.75) is 6.92 Å². The number of nitrogens with one attached hydrogen (secondary N) is 1. The minimum atomic E-state index is -0.207. The summed E-state index contributed by atoms with van der Waals surface area (Å²) in [6.07, 6.45) is 4.49. The molecular weight excluding hydrogens is 252 g/mol. The lowest BCUT2D eigenvalue weighted by molar-refractivity contribution is 0.102. The molecule has 0 bridgehead atoms. The average molecular weight is 266 g/mol. The van der Waals surface area contributed by atoms with Gasteiger partial charge in [-0.1, -0.05) is 11.8 Å². The first kappa shape index (κ1) is 13.7. The number of hydrogen-bond donors (Lipinski definition) is 2. The Morgan fingerprint density at radius 2 is 2.10 bits per heavy atom. The summed E-state index contributed by atoms with van der Waals surface area (Å²) in [6, 6.07) is 5.33. The Labute approximate surface area is 117 Å². The van der Waals surface area contributed by atoms with Crippen LogP contribution in [0.4, 0.5) is 5.69 Å². The van der Waals surface area contributed by atoms with Crippen LogP contribution in [0.25, 0.3) is 0 Å². The number of anilines is 1. The summed E-state index contributed by atoms with van der Waals surface area (Å²) >= 11 is 0. The molecule has 5 heteroatoms. The summed E-state index contributed by atoms with van der Waals surface area (Å²) in [5.41, 5.74) is 8.26. The van der Waals surface area contributed by atoms with E-state index in [9.17, 15) is 4.79 Å². The number of nitrogens with zero attached hydrogens (tertiary/aromatic N) is 2. The van der Waals surface area contributed by atoms with E-state index in [1.165, 1.54) is 6.33 Å². The quantitative estimate of drug-likeness (QED) is 0.804. The van der Waals surface area contributed by atoms with Crippen LogP contribution >= 0.6 is 0 Å². The molecule has 100 valence electrons. The normalized spacial score (nSPS) is 9.50. The summed E-state index contributed by atoms with van der Waals surface area (Å²) in [7, 11) is 0. The zero-order chi connectivity index (χ0) is 14.4. The molecule has 0 saturated carbocycles. The second-order valence-electron chi connectivity index (χ2n) is 4.12. The highest BCUT2D eigenvalue weighted by Crippen LogP contribution is 2.12. The molecule has 0 unspecified atom stereocenters. The van der Waals surface area contributed by atoms with Gasteiger partial charge < -0.3 is 11.1 Å². The standard InChI is InChI=1S/C15H14N4O/c1-11-7-13(5-4-12(11)3-2-6-16)15(20)19-14-8-17-10-18-9-14/h4-5,7-10H,6,16H2,1H3,(H,19,20). The zero-order valence-electron chi connectivity index (χ0n) is 11.1. The third-order valence-corrected chi connectivity index (χ3v) is 2.63. The number of benzene rings is 1. The van der Waals surface area contributed by atoms with Crippen molar-refractivity contribution in [3.63, 3.8) is 0 Å². The van der Waals surface area contributed by atoms with E-state index in [4.69, 9.17) is 5.73 Å². The predicted molar refractivity (Wildman–Crippen MR) is 77.1 cm³/mol. The van der Waals surface area contributed by atoms with Crippen molar-refractivity contribution in [3.8, 4) is 11.8 Å². The zero-order valence-corrected chi connectivity index (χ0v) is 11.1. The topological polar surface area (TPSA) is 80.9 Å². The third kappa shape index (κ3) is 3.40. The molecule has 1 aromatic carbocycles. The van der Waals surface area contributed by atoms with Gasteiger partial charge in [-0.2, -0.15) is 0 Å². The van der Waals surface area contributed by atoms with Gasteiger partial charge in [0.2, 0.25) is 0 Å². The van der Waals surface area contributed by atoms with E-state index in [1.54, 1.807) is 24.5 Å². The molecule has 20 heavy (non-hydrogen) atoms. The Bertz CT molecular complexity index is 671. The van der Waals surface area contributed by atoms with Crippen molar-refractivity contribution in [1.29, 1.82) is 0 Å². The maximum Gasteiger partial charge on any atom is 0.255 e. The van der Waals surface area contributed by atoms with Gasteiger partial charge in [-0.25, -0.2) is 9.97 Å². The number of amides is 1. The molecule has 0 saturated heterocycles. The van der Waals surface area contributed by atoms with Crippen molar-refractivity contribution in [2.75, 3.05) is 11.9 Å². The second-order valence-corrected chi connectivity index (χ2v) is 4.12. The Morgan fingerprint density at radius 3 is 2.75 bits per heavy atom. The summed E-state index contributed by atoms with van der Waals surface area (Å²) < 4.78 is 0. The molecule has 0 fully saturated rings. The van der Waals surface area contributed by atoms with Crippen molar-refractivity contribution in [3.05, 3.63) is 53.6 Å². The van der Waals surface area contributed by atoms with Gasteiger partial charge in [-0.05, 0) is 30.7 Å². The van der Waals surface area contributed by atoms with Crippen molar-refractivity contribution >= 4 is 11.6 Å². The maximum absolute atomic E-state index is 12.1. The van der Waals surface area contributed by atoms with Gasteiger partial charge in [-0.15, -0.1) is 0 Å². The van der Waals surface area contributed by atoms with Crippen LogP contribution in [0.5, 0.6) is 0 Å². The molecular formula is C15H14N4O. The third-order valence-electron chi connectivity index (χ3n) is 2.63. The Kier molecular flexibility index (Phi) is 4.43. The number of aryl methyl sites for hydroxylation is 1. The monoisotopic (exact) mass is 266 g/mol. The van der Waals surface area contributed by atoms with Crippen molar-refractivity contribution in [1.82, 2.24) is 9.97 Å². The van der Waals surface area contributed by atoms with Crippen molar-refractivity contribution in [2.24, 2.45) is 5.73 Å². The van der Waals surface area contributed by atoms with Crippen molar-refractivity contribution < 1.29 is 4.79 Å². The molecule has 1 amide bonds. The SMILES string of the molecule is Cc1cc(C(=O)Nc2cncnc2)ccc1C#CCN. The summed E-state index contributed by atoms with van der Waals surface area (Å²) in [4.78, 5) is 19.8. The van der Waals surface area contributed by atoms with Crippen LogP contribution < -0.4 is 11.1 Å². The van der Waals surface area contributed by atoms with E-state index in [0.29, 0.717) is 17.8 Å². The van der Waals surface area contributed by atoms with Gasteiger partial charge >= 0.3 is 0 Å². The summed E-state index contributed by atoms with van der Waals surface area (Å²) in [5, 5.41) is 2.73. The van der Waals surface area contributed by atoms with Gasteiger partial charge in [0.25, 0.3) is 5.91 Å². The second kappa shape index (κ2) is 6.45. The number of hydrogen-bond acceptors (Lipinski definition) is 4. The Hall–Kier alpha value is -2.71. The average Bonchev–Trinajstić information content (AvgIpc) is 2.47. The largest absolute Gasteiger partial charge is 0.320 e. The first-order valence-corrected chi connectivity index (χ1v) is 6.06. The predicted octanol–water partition coefficient (Wildman–Crippen LogP) is 1.35. The van der Waals surface area contributed by atoms with Crippen LogP contribution in [0.3, 0.4) is 0 Å². The first-order valence-electron chi connectivity index (χ1n) is 6.06. The maximum atomic E-state index is 12.1. The van der Waals surface area contributed by atoms with E-state index in [-0.39, 0.29) is 5.91 Å². The highest BCUT2D eigenvalue weighted by Gasteiger charge is 2.07. The van der Waals surface area contributed by atoms with Crippen LogP contribution in [0.1, 0.15) is 21.5 Å². The molecule has 0 spiro atoms. The van der Waals surface area contributed by atoms with Gasteiger partial charge in [0.15, 0.2) is 0 Å². The van der Waals surface area contributed by atoms with E-state index in [2.05, 4.69) is 27.1 Å². The summed E-state index contributed by atoms with van der Waals surface area (Å²) in [5.74, 6) is 5.55. The van der Waals surface area contributed by atoms with Gasteiger partial charge in [0.1, 0.15) is 6.33 Å². The van der Waals surface area contributed by atoms with E-state index in [1.807, 2.05) is 13.0 Å². The number of nitrogens with two attached hydrogens (primary N) is 1. The van der Waals surface area contributed by atoms with E-state index < -0.39 is 0 Å². The van der Waals surface area contributed by atoms with Crippen LogP contribution in [-0.4, -0.2) is 22.4 Å². The van der Waals surface area contributed by atoms with Crippen LogP contribution in [-0.2, 0) is 0 Å². The number of carbonyl (C=O) groups is 1. The van der Waals surface area contributed by atoms with Crippen LogP contribution in [0.15, 0.2) is 36.9 Å². The minimum absolute atomic E-state index is 0.207. The minimum Gasteiger partial charge on any atom is -0.320 e. The smallest absolute Gasteiger partial charge is 0.255 e. The molecule has 1 heterocycles. The fourth-order valence-corrected chi connectivity index (χ4v) is 1.66. The molecule has 2 aromatic rings. The van der Waals surface area contributed by atoms with Crippen LogP contribution in [0.2, 0.25) is 0 Å². The molecule has 3 N–H and O–H groups in total. The van der Waals surface area contributed by atoms with Gasteiger partial charge in [0.05, 0.1) is 24.6 Å².